The number of aliphatic hydroxyl groups is 1. The number of amides is 1. The Kier molecular flexibility index (Phi) is 4.92. The van der Waals surface area contributed by atoms with Gasteiger partial charge < -0.3 is 19.3 Å². The van der Waals surface area contributed by atoms with E-state index in [2.05, 4.69) is 18.4 Å². The van der Waals surface area contributed by atoms with Gasteiger partial charge in [-0.05, 0) is 50.5 Å². The van der Waals surface area contributed by atoms with E-state index in [0.717, 1.165) is 30.3 Å². The fraction of sp³-hybridized carbons (Fsp3) is 0.526. The van der Waals surface area contributed by atoms with Crippen LogP contribution in [-0.2, 0) is 11.3 Å². The van der Waals surface area contributed by atoms with Gasteiger partial charge in [0.1, 0.15) is 0 Å². The number of rotatable bonds is 7. The molecular weight excluding hydrogens is 304 g/mol. The van der Waals surface area contributed by atoms with Crippen molar-refractivity contribution >= 4 is 16.8 Å². The minimum Gasteiger partial charge on any atom is -0.395 e. The highest BCUT2D eigenvalue weighted by Gasteiger charge is 2.32. The lowest BCUT2D eigenvalue weighted by atomic mass is 10.1. The molecule has 2 aromatic rings. The normalized spacial score (nSPS) is 14.3. The smallest absolute Gasteiger partial charge is 0.254 e. The Morgan fingerprint density at radius 3 is 2.75 bits per heavy atom. The Balaban J connectivity index is 1.96. The van der Waals surface area contributed by atoms with Gasteiger partial charge in [-0.25, -0.2) is 0 Å². The Morgan fingerprint density at radius 2 is 2.12 bits per heavy atom. The summed E-state index contributed by atoms with van der Waals surface area (Å²) in [5, 5.41) is 10.4. The van der Waals surface area contributed by atoms with Gasteiger partial charge in [0.2, 0.25) is 0 Å². The van der Waals surface area contributed by atoms with Gasteiger partial charge in [0, 0.05) is 48.4 Å². The van der Waals surface area contributed by atoms with E-state index in [9.17, 15) is 9.90 Å². The minimum atomic E-state index is 0.00994. The number of ether oxygens (including phenoxy) is 1. The Morgan fingerprint density at radius 1 is 1.38 bits per heavy atom. The van der Waals surface area contributed by atoms with Crippen LogP contribution in [0.25, 0.3) is 10.9 Å². The Bertz CT molecular complexity index is 747. The summed E-state index contributed by atoms with van der Waals surface area (Å²) in [6, 6.07) is 6.23. The van der Waals surface area contributed by atoms with E-state index in [4.69, 9.17) is 4.74 Å². The molecule has 1 saturated carbocycles. The van der Waals surface area contributed by atoms with E-state index >= 15 is 0 Å². The summed E-state index contributed by atoms with van der Waals surface area (Å²) in [4.78, 5) is 14.6. The lowest BCUT2D eigenvalue weighted by Crippen LogP contribution is -2.35. The molecule has 5 heteroatoms. The van der Waals surface area contributed by atoms with Gasteiger partial charge >= 0.3 is 0 Å². The summed E-state index contributed by atoms with van der Waals surface area (Å²) in [7, 11) is 1.71. The number of fused-ring (bicyclic) bond motifs is 1. The first-order valence-corrected chi connectivity index (χ1v) is 8.58. The van der Waals surface area contributed by atoms with Crippen LogP contribution < -0.4 is 0 Å². The van der Waals surface area contributed by atoms with Gasteiger partial charge in [0.25, 0.3) is 5.91 Å². The third-order valence-corrected chi connectivity index (χ3v) is 4.99. The zero-order valence-corrected chi connectivity index (χ0v) is 14.7. The van der Waals surface area contributed by atoms with Crippen molar-refractivity contribution in [3.8, 4) is 0 Å². The van der Waals surface area contributed by atoms with Crippen molar-refractivity contribution in [2.75, 3.05) is 26.9 Å². The lowest BCUT2D eigenvalue weighted by molar-refractivity contribution is 0.0708. The number of aromatic nitrogens is 1. The van der Waals surface area contributed by atoms with Gasteiger partial charge in [0.15, 0.2) is 0 Å². The molecule has 0 saturated heterocycles. The molecule has 0 radical (unpaired) electrons. The van der Waals surface area contributed by atoms with E-state index in [1.807, 2.05) is 23.1 Å². The molecule has 5 nitrogen and oxygen atoms in total. The van der Waals surface area contributed by atoms with Crippen LogP contribution in [0.2, 0.25) is 0 Å². The number of benzene rings is 1. The molecule has 24 heavy (non-hydrogen) atoms. The van der Waals surface area contributed by atoms with E-state index < -0.39 is 0 Å². The minimum absolute atomic E-state index is 0.00994. The fourth-order valence-electron chi connectivity index (χ4n) is 3.36. The molecule has 1 fully saturated rings. The van der Waals surface area contributed by atoms with Crippen molar-refractivity contribution in [2.45, 2.75) is 39.3 Å². The average molecular weight is 330 g/mol. The zero-order chi connectivity index (χ0) is 17.3. The quantitative estimate of drug-likeness (QED) is 0.849. The Hall–Kier alpha value is -1.85. The second-order valence-electron chi connectivity index (χ2n) is 6.54. The molecule has 1 aromatic heterocycles. The molecule has 0 atom stereocenters. The number of aliphatic hydroxyl groups excluding tert-OH is 1. The molecule has 1 aliphatic rings. The fourth-order valence-corrected chi connectivity index (χ4v) is 3.36. The maximum Gasteiger partial charge on any atom is 0.254 e. The van der Waals surface area contributed by atoms with Crippen LogP contribution in [0.3, 0.4) is 0 Å². The molecule has 0 aliphatic heterocycles. The first kappa shape index (κ1) is 17.0. The van der Waals surface area contributed by atoms with Crippen LogP contribution in [0.5, 0.6) is 0 Å². The van der Waals surface area contributed by atoms with Crippen LogP contribution in [0.15, 0.2) is 18.2 Å². The van der Waals surface area contributed by atoms with Crippen molar-refractivity contribution in [2.24, 2.45) is 0 Å². The van der Waals surface area contributed by atoms with Crippen molar-refractivity contribution < 1.29 is 14.6 Å². The predicted octanol–water partition coefficient (Wildman–Crippen LogP) is 2.50. The summed E-state index contributed by atoms with van der Waals surface area (Å²) in [6.45, 7) is 6.09. The van der Waals surface area contributed by atoms with Crippen LogP contribution >= 0.6 is 0 Å². The highest BCUT2D eigenvalue weighted by molar-refractivity contribution is 5.99. The first-order valence-electron chi connectivity index (χ1n) is 8.58. The van der Waals surface area contributed by atoms with Crippen LogP contribution in [0.4, 0.5) is 0 Å². The molecule has 1 amide bonds. The molecule has 130 valence electrons. The number of carbonyl (C=O) groups excluding carboxylic acids is 1. The summed E-state index contributed by atoms with van der Waals surface area (Å²) < 4.78 is 7.45. The highest BCUT2D eigenvalue weighted by atomic mass is 16.5. The second kappa shape index (κ2) is 6.95. The molecule has 1 aliphatic carbocycles. The number of hydrogen-bond donors (Lipinski definition) is 1. The molecule has 1 heterocycles. The largest absolute Gasteiger partial charge is 0.395 e. The van der Waals surface area contributed by atoms with Gasteiger partial charge in [-0.15, -0.1) is 0 Å². The van der Waals surface area contributed by atoms with E-state index in [0.29, 0.717) is 24.8 Å². The maximum atomic E-state index is 12.8. The van der Waals surface area contributed by atoms with Gasteiger partial charge in [-0.3, -0.25) is 4.79 Å². The summed E-state index contributed by atoms with van der Waals surface area (Å²) in [6.07, 6.45) is 2.08. The van der Waals surface area contributed by atoms with Crippen molar-refractivity contribution in [3.05, 3.63) is 35.0 Å². The first-order chi connectivity index (χ1) is 11.6. The summed E-state index contributed by atoms with van der Waals surface area (Å²) >= 11 is 0. The van der Waals surface area contributed by atoms with Crippen molar-refractivity contribution in [1.82, 2.24) is 9.47 Å². The summed E-state index contributed by atoms with van der Waals surface area (Å²) in [5.41, 5.74) is 4.26. The maximum absolute atomic E-state index is 12.8. The number of methoxy groups -OCH3 is 1. The molecule has 1 N–H and O–H groups in total. The standard InChI is InChI=1S/C19H26N2O3/c1-13-14(2)20(9-11-24-3)18-7-4-15(12-17(13)18)19(23)21(8-10-22)16-5-6-16/h4,7,12,16,22H,5-6,8-11H2,1-3H3. The molecule has 1 aromatic carbocycles. The highest BCUT2D eigenvalue weighted by Crippen LogP contribution is 2.30. The van der Waals surface area contributed by atoms with E-state index in [-0.39, 0.29) is 12.5 Å². The number of aryl methyl sites for hydroxylation is 1. The lowest BCUT2D eigenvalue weighted by Gasteiger charge is -2.21. The predicted molar refractivity (Wildman–Crippen MR) is 94.4 cm³/mol. The monoisotopic (exact) mass is 330 g/mol. The molecular formula is C19H26N2O3. The van der Waals surface area contributed by atoms with Crippen LogP contribution in [0, 0.1) is 13.8 Å². The third-order valence-electron chi connectivity index (χ3n) is 4.99. The number of nitrogens with zero attached hydrogens (tertiary/aromatic N) is 2. The van der Waals surface area contributed by atoms with Crippen molar-refractivity contribution in [3.63, 3.8) is 0 Å². The number of carbonyl (C=O) groups is 1. The van der Waals surface area contributed by atoms with Crippen molar-refractivity contribution in [1.29, 1.82) is 0 Å². The topological polar surface area (TPSA) is 54.7 Å². The zero-order valence-electron chi connectivity index (χ0n) is 14.7. The SMILES string of the molecule is COCCn1c(C)c(C)c2cc(C(=O)N(CCO)C3CC3)ccc21. The van der Waals surface area contributed by atoms with Gasteiger partial charge in [-0.2, -0.15) is 0 Å². The van der Waals surface area contributed by atoms with E-state index in [1.54, 1.807) is 7.11 Å². The molecule has 0 unspecified atom stereocenters. The molecule has 0 bridgehead atoms. The van der Waals surface area contributed by atoms with E-state index in [1.165, 1.54) is 11.3 Å². The van der Waals surface area contributed by atoms with Crippen LogP contribution in [0.1, 0.15) is 34.5 Å². The Labute approximate surface area is 142 Å². The average Bonchev–Trinajstić information content (AvgIpc) is 3.40. The molecule has 0 spiro atoms. The van der Waals surface area contributed by atoms with Gasteiger partial charge in [-0.1, -0.05) is 0 Å². The molecule has 3 rings (SSSR count). The second-order valence-corrected chi connectivity index (χ2v) is 6.54. The summed E-state index contributed by atoms with van der Waals surface area (Å²) in [5.74, 6) is 0.0233. The van der Waals surface area contributed by atoms with Gasteiger partial charge in [0.05, 0.1) is 13.2 Å². The number of hydrogen-bond acceptors (Lipinski definition) is 3. The van der Waals surface area contributed by atoms with Crippen LogP contribution in [-0.4, -0.2) is 53.4 Å². The third kappa shape index (κ3) is 3.06.